The molecule has 1 aromatic rings. The Labute approximate surface area is 86.6 Å². The molecule has 0 unspecified atom stereocenters. The number of carbonyl (C=O) groups excluding carboxylic acids is 2. The minimum atomic E-state index is -0.584. The first-order valence-corrected chi connectivity index (χ1v) is 4.26. The number of hydrazine groups is 1. The minimum Gasteiger partial charge on any atom is -0.352 e. The van der Waals surface area contributed by atoms with Gasteiger partial charge in [0.15, 0.2) is 0 Å². The molecule has 0 fully saturated rings. The highest BCUT2D eigenvalue weighted by Gasteiger charge is 2.02. The zero-order chi connectivity index (χ0) is 11.3. The van der Waals surface area contributed by atoms with E-state index in [0.717, 1.165) is 5.56 Å². The van der Waals surface area contributed by atoms with Gasteiger partial charge in [0, 0.05) is 12.1 Å². The summed E-state index contributed by atoms with van der Waals surface area (Å²) in [5.74, 6) is 4.61. The number of amides is 3. The van der Waals surface area contributed by atoms with Crippen molar-refractivity contribution in [2.75, 3.05) is 0 Å². The molecule has 3 amide bonds. The molecular formula is C9H12N4O2. The van der Waals surface area contributed by atoms with Crippen LogP contribution < -0.4 is 22.3 Å². The topological polar surface area (TPSA) is 110 Å². The van der Waals surface area contributed by atoms with Crippen molar-refractivity contribution in [3.8, 4) is 0 Å². The van der Waals surface area contributed by atoms with Crippen LogP contribution >= 0.6 is 0 Å². The summed E-state index contributed by atoms with van der Waals surface area (Å²) in [4.78, 5) is 21.5. The van der Waals surface area contributed by atoms with Gasteiger partial charge in [-0.1, -0.05) is 12.1 Å². The third-order valence-corrected chi connectivity index (χ3v) is 1.81. The van der Waals surface area contributed by atoms with Crippen LogP contribution in [0.1, 0.15) is 15.9 Å². The summed E-state index contributed by atoms with van der Waals surface area (Å²) in [6.45, 7) is 0.333. The van der Waals surface area contributed by atoms with Gasteiger partial charge in [-0.15, -0.1) is 0 Å². The molecule has 0 aromatic heterocycles. The Hall–Kier alpha value is -2.08. The lowest BCUT2D eigenvalue weighted by Gasteiger charge is -2.03. The van der Waals surface area contributed by atoms with E-state index in [1.807, 2.05) is 5.43 Å². The monoisotopic (exact) mass is 208 g/mol. The molecule has 0 aliphatic heterocycles. The normalized spacial score (nSPS) is 9.40. The molecule has 0 spiro atoms. The van der Waals surface area contributed by atoms with Crippen molar-refractivity contribution in [3.63, 3.8) is 0 Å². The van der Waals surface area contributed by atoms with Crippen molar-refractivity contribution in [1.82, 2.24) is 10.7 Å². The van der Waals surface area contributed by atoms with Gasteiger partial charge < -0.3 is 11.1 Å². The molecule has 0 heterocycles. The molecular weight excluding hydrogens is 196 g/mol. The number of urea groups is 1. The molecule has 6 heteroatoms. The zero-order valence-corrected chi connectivity index (χ0v) is 7.99. The molecule has 0 atom stereocenters. The fourth-order valence-corrected chi connectivity index (χ4v) is 1.05. The Balaban J connectivity index is 2.64. The van der Waals surface area contributed by atoms with Crippen LogP contribution in [0.2, 0.25) is 0 Å². The van der Waals surface area contributed by atoms with E-state index in [4.69, 9.17) is 11.6 Å². The molecule has 0 aliphatic carbocycles. The first kappa shape index (κ1) is 11.0. The van der Waals surface area contributed by atoms with Crippen molar-refractivity contribution < 1.29 is 9.59 Å². The van der Waals surface area contributed by atoms with Crippen LogP contribution in [0.5, 0.6) is 0 Å². The van der Waals surface area contributed by atoms with Crippen LogP contribution in [0, 0.1) is 0 Å². The standard InChI is InChI=1S/C9H12N4O2/c10-9(15)12-5-6-1-3-7(4-2-6)8(14)13-11/h1-4H,5,11H2,(H,13,14)(H3,10,12,15). The van der Waals surface area contributed by atoms with E-state index in [2.05, 4.69) is 5.32 Å². The second kappa shape index (κ2) is 4.97. The Morgan fingerprint density at radius 3 is 2.27 bits per heavy atom. The largest absolute Gasteiger partial charge is 0.352 e. The maximum atomic E-state index is 11.1. The second-order valence-electron chi connectivity index (χ2n) is 2.89. The smallest absolute Gasteiger partial charge is 0.312 e. The third-order valence-electron chi connectivity index (χ3n) is 1.81. The molecule has 15 heavy (non-hydrogen) atoms. The maximum Gasteiger partial charge on any atom is 0.312 e. The van der Waals surface area contributed by atoms with Crippen LogP contribution in [-0.2, 0) is 6.54 Å². The second-order valence-corrected chi connectivity index (χ2v) is 2.89. The fraction of sp³-hybridized carbons (Fsp3) is 0.111. The number of nitrogens with two attached hydrogens (primary N) is 2. The van der Waals surface area contributed by atoms with Crippen molar-refractivity contribution in [1.29, 1.82) is 0 Å². The molecule has 0 saturated carbocycles. The lowest BCUT2D eigenvalue weighted by Crippen LogP contribution is -2.30. The van der Waals surface area contributed by atoms with Gasteiger partial charge in [0.05, 0.1) is 0 Å². The summed E-state index contributed by atoms with van der Waals surface area (Å²) in [6.07, 6.45) is 0. The zero-order valence-electron chi connectivity index (χ0n) is 7.99. The lowest BCUT2D eigenvalue weighted by atomic mass is 10.1. The number of nitrogen functional groups attached to an aromatic ring is 1. The summed E-state index contributed by atoms with van der Waals surface area (Å²) < 4.78 is 0. The predicted octanol–water partition coefficient (Wildman–Crippen LogP) is -0.542. The van der Waals surface area contributed by atoms with Gasteiger partial charge in [-0.25, -0.2) is 10.6 Å². The van der Waals surface area contributed by atoms with Crippen molar-refractivity contribution in [3.05, 3.63) is 35.4 Å². The Bertz CT molecular complexity index is 361. The average molecular weight is 208 g/mol. The molecule has 0 aliphatic rings. The number of benzene rings is 1. The fourth-order valence-electron chi connectivity index (χ4n) is 1.05. The summed E-state index contributed by atoms with van der Waals surface area (Å²) in [7, 11) is 0. The number of rotatable bonds is 3. The Morgan fingerprint density at radius 2 is 1.80 bits per heavy atom. The number of hydrogen-bond acceptors (Lipinski definition) is 3. The lowest BCUT2D eigenvalue weighted by molar-refractivity contribution is 0.0953. The molecule has 1 rings (SSSR count). The number of primary amides is 1. The van der Waals surface area contributed by atoms with Gasteiger partial charge in [0.2, 0.25) is 0 Å². The van der Waals surface area contributed by atoms with E-state index in [9.17, 15) is 9.59 Å². The third kappa shape index (κ3) is 3.28. The molecule has 80 valence electrons. The van der Waals surface area contributed by atoms with E-state index in [1.54, 1.807) is 24.3 Å². The van der Waals surface area contributed by atoms with Crippen LogP contribution in [0.15, 0.2) is 24.3 Å². The molecule has 6 N–H and O–H groups in total. The van der Waals surface area contributed by atoms with Crippen molar-refractivity contribution in [2.24, 2.45) is 11.6 Å². The van der Waals surface area contributed by atoms with E-state index in [0.29, 0.717) is 12.1 Å². The number of carbonyl (C=O) groups is 2. The molecule has 0 saturated heterocycles. The van der Waals surface area contributed by atoms with Gasteiger partial charge >= 0.3 is 6.03 Å². The van der Waals surface area contributed by atoms with E-state index >= 15 is 0 Å². The summed E-state index contributed by atoms with van der Waals surface area (Å²) in [6, 6.07) is 6.06. The summed E-state index contributed by atoms with van der Waals surface area (Å²) in [5, 5.41) is 2.44. The van der Waals surface area contributed by atoms with Crippen molar-refractivity contribution >= 4 is 11.9 Å². The Kier molecular flexibility index (Phi) is 3.64. The number of hydrogen-bond donors (Lipinski definition) is 4. The predicted molar refractivity (Wildman–Crippen MR) is 54.5 cm³/mol. The van der Waals surface area contributed by atoms with Crippen LogP contribution in [-0.4, -0.2) is 11.9 Å². The summed E-state index contributed by atoms with van der Waals surface area (Å²) in [5.41, 5.74) is 8.24. The highest BCUT2D eigenvalue weighted by atomic mass is 16.2. The highest BCUT2D eigenvalue weighted by Crippen LogP contribution is 2.03. The first-order chi connectivity index (χ1) is 7.13. The quantitative estimate of drug-likeness (QED) is 0.304. The average Bonchev–Trinajstić information content (AvgIpc) is 2.26. The van der Waals surface area contributed by atoms with Crippen LogP contribution in [0.3, 0.4) is 0 Å². The van der Waals surface area contributed by atoms with Gasteiger partial charge in [-0.2, -0.15) is 0 Å². The number of nitrogens with one attached hydrogen (secondary N) is 2. The van der Waals surface area contributed by atoms with Gasteiger partial charge in [-0.3, -0.25) is 10.2 Å². The van der Waals surface area contributed by atoms with Crippen LogP contribution in [0.25, 0.3) is 0 Å². The maximum absolute atomic E-state index is 11.1. The van der Waals surface area contributed by atoms with Crippen LogP contribution in [0.4, 0.5) is 4.79 Å². The van der Waals surface area contributed by atoms with E-state index in [1.165, 1.54) is 0 Å². The molecule has 0 radical (unpaired) electrons. The van der Waals surface area contributed by atoms with Gasteiger partial charge in [0.25, 0.3) is 5.91 Å². The minimum absolute atomic E-state index is 0.333. The van der Waals surface area contributed by atoms with Gasteiger partial charge in [0.1, 0.15) is 0 Å². The summed E-state index contributed by atoms with van der Waals surface area (Å²) >= 11 is 0. The molecule has 1 aromatic carbocycles. The van der Waals surface area contributed by atoms with Crippen molar-refractivity contribution in [2.45, 2.75) is 6.54 Å². The van der Waals surface area contributed by atoms with E-state index < -0.39 is 6.03 Å². The first-order valence-electron chi connectivity index (χ1n) is 4.26. The SMILES string of the molecule is NNC(=O)c1ccc(CNC(N)=O)cc1. The van der Waals surface area contributed by atoms with E-state index in [-0.39, 0.29) is 5.91 Å². The Morgan fingerprint density at radius 1 is 1.20 bits per heavy atom. The molecule has 0 bridgehead atoms. The molecule has 6 nitrogen and oxygen atoms in total. The highest BCUT2D eigenvalue weighted by molar-refractivity contribution is 5.93. The van der Waals surface area contributed by atoms with Gasteiger partial charge in [-0.05, 0) is 17.7 Å².